The first kappa shape index (κ1) is 18.0. The van der Waals surface area contributed by atoms with E-state index in [9.17, 15) is 4.79 Å². The zero-order valence-electron chi connectivity index (χ0n) is 15.0. The fourth-order valence-electron chi connectivity index (χ4n) is 3.42. The second kappa shape index (κ2) is 7.58. The molecule has 1 aromatic carbocycles. The smallest absolute Gasteiger partial charge is 0.224 e. The van der Waals surface area contributed by atoms with Crippen molar-refractivity contribution in [2.75, 3.05) is 6.54 Å². The summed E-state index contributed by atoms with van der Waals surface area (Å²) in [7, 11) is 0. The van der Waals surface area contributed by atoms with E-state index in [1.165, 1.54) is 0 Å². The van der Waals surface area contributed by atoms with Gasteiger partial charge in [-0.3, -0.25) is 4.79 Å². The summed E-state index contributed by atoms with van der Waals surface area (Å²) in [6.07, 6.45) is 2.48. The molecule has 2 atom stereocenters. The number of hydrogen-bond acceptors (Lipinski definition) is 3. The van der Waals surface area contributed by atoms with Crippen LogP contribution in [0.1, 0.15) is 36.7 Å². The van der Waals surface area contributed by atoms with E-state index in [4.69, 9.17) is 11.6 Å². The lowest BCUT2D eigenvalue weighted by Gasteiger charge is -2.30. The molecule has 1 fully saturated rings. The van der Waals surface area contributed by atoms with Crippen LogP contribution < -0.4 is 10.6 Å². The fourth-order valence-corrected chi connectivity index (χ4v) is 3.55. The number of benzene rings is 1. The predicted molar refractivity (Wildman–Crippen MR) is 100 cm³/mol. The number of carbonyl (C=O) groups excluding carboxylic acids is 1. The Kier molecular flexibility index (Phi) is 5.45. The number of amides is 1. The van der Waals surface area contributed by atoms with E-state index in [1.54, 1.807) is 0 Å². The maximum Gasteiger partial charge on any atom is 0.224 e. The number of hydrogen-bond donors (Lipinski definition) is 2. The first-order chi connectivity index (χ1) is 12.0. The third kappa shape index (κ3) is 4.05. The molecule has 1 aliphatic rings. The van der Waals surface area contributed by atoms with E-state index in [0.717, 1.165) is 42.0 Å². The van der Waals surface area contributed by atoms with E-state index in [1.807, 2.05) is 42.8 Å². The van der Waals surface area contributed by atoms with Gasteiger partial charge in [0.15, 0.2) is 0 Å². The van der Waals surface area contributed by atoms with E-state index >= 15 is 0 Å². The molecule has 2 unspecified atom stereocenters. The molecular weight excluding hydrogens is 336 g/mol. The van der Waals surface area contributed by atoms with Gasteiger partial charge in [0.05, 0.1) is 17.8 Å². The molecule has 3 rings (SSSR count). The molecular formula is C19H25ClN4O. The average Bonchev–Trinajstić information content (AvgIpc) is 2.86. The Morgan fingerprint density at radius 1 is 1.36 bits per heavy atom. The minimum atomic E-state index is 0.0578. The molecule has 0 aliphatic carbocycles. The predicted octanol–water partition coefficient (Wildman–Crippen LogP) is 2.94. The molecule has 1 amide bonds. The minimum Gasteiger partial charge on any atom is -0.352 e. The van der Waals surface area contributed by atoms with Gasteiger partial charge in [0.25, 0.3) is 0 Å². The SMILES string of the molecule is Cc1nn(-c2ccc(Cl)cc2)c(C)c1CC(=O)NC1CCCNC1C. The van der Waals surface area contributed by atoms with Gasteiger partial charge in [0, 0.05) is 28.4 Å². The van der Waals surface area contributed by atoms with E-state index in [0.29, 0.717) is 17.5 Å². The molecule has 5 nitrogen and oxygen atoms in total. The number of nitrogens with one attached hydrogen (secondary N) is 2. The van der Waals surface area contributed by atoms with Gasteiger partial charge >= 0.3 is 0 Å². The summed E-state index contributed by atoms with van der Waals surface area (Å²) in [5.74, 6) is 0.0578. The van der Waals surface area contributed by atoms with Crippen molar-refractivity contribution in [3.05, 3.63) is 46.2 Å². The summed E-state index contributed by atoms with van der Waals surface area (Å²) >= 11 is 5.96. The lowest BCUT2D eigenvalue weighted by Crippen LogP contribution is -2.52. The molecule has 1 saturated heterocycles. The Bertz CT molecular complexity index is 754. The van der Waals surface area contributed by atoms with Crippen molar-refractivity contribution in [3.63, 3.8) is 0 Å². The summed E-state index contributed by atoms with van der Waals surface area (Å²) in [6.45, 7) is 7.10. The number of rotatable bonds is 4. The van der Waals surface area contributed by atoms with Crippen LogP contribution in [0.3, 0.4) is 0 Å². The minimum absolute atomic E-state index is 0.0578. The second-order valence-corrected chi connectivity index (χ2v) is 7.21. The van der Waals surface area contributed by atoms with Crippen molar-refractivity contribution in [2.45, 2.75) is 52.1 Å². The highest BCUT2D eigenvalue weighted by Crippen LogP contribution is 2.20. The van der Waals surface area contributed by atoms with Crippen molar-refractivity contribution >= 4 is 17.5 Å². The van der Waals surface area contributed by atoms with Gasteiger partial charge in [-0.05, 0) is 64.4 Å². The van der Waals surface area contributed by atoms with Crippen molar-refractivity contribution in [2.24, 2.45) is 0 Å². The van der Waals surface area contributed by atoms with E-state index in [2.05, 4.69) is 22.7 Å². The fraction of sp³-hybridized carbons (Fsp3) is 0.474. The summed E-state index contributed by atoms with van der Waals surface area (Å²) in [5.41, 5.74) is 3.81. The molecule has 0 spiro atoms. The average molecular weight is 361 g/mol. The van der Waals surface area contributed by atoms with E-state index < -0.39 is 0 Å². The van der Waals surface area contributed by atoms with Crippen LogP contribution >= 0.6 is 11.6 Å². The van der Waals surface area contributed by atoms with Crippen LogP contribution in [0.2, 0.25) is 5.02 Å². The number of halogens is 1. The van der Waals surface area contributed by atoms with Crippen molar-refractivity contribution in [1.29, 1.82) is 0 Å². The van der Waals surface area contributed by atoms with Crippen molar-refractivity contribution in [3.8, 4) is 5.69 Å². The molecule has 0 radical (unpaired) electrons. The molecule has 2 heterocycles. The molecule has 1 aromatic heterocycles. The maximum absolute atomic E-state index is 12.5. The summed E-state index contributed by atoms with van der Waals surface area (Å²) < 4.78 is 1.87. The van der Waals surface area contributed by atoms with Crippen LogP contribution in [0.4, 0.5) is 0 Å². The molecule has 2 aromatic rings. The quantitative estimate of drug-likeness (QED) is 0.881. The van der Waals surface area contributed by atoms with Gasteiger partial charge < -0.3 is 10.6 Å². The molecule has 25 heavy (non-hydrogen) atoms. The number of aryl methyl sites for hydroxylation is 1. The number of carbonyl (C=O) groups is 1. The standard InChI is InChI=1S/C19H25ClN4O/c1-12-17(11-19(25)22-18-5-4-10-21-13(18)2)14(3)24(23-12)16-8-6-15(20)7-9-16/h6-9,13,18,21H,4-5,10-11H2,1-3H3,(H,22,25). The third-order valence-electron chi connectivity index (χ3n) is 4.96. The summed E-state index contributed by atoms with van der Waals surface area (Å²) in [4.78, 5) is 12.5. The summed E-state index contributed by atoms with van der Waals surface area (Å²) in [5, 5.41) is 11.9. The first-order valence-corrected chi connectivity index (χ1v) is 9.17. The van der Waals surface area contributed by atoms with Crippen LogP contribution in [-0.4, -0.2) is 34.3 Å². The van der Waals surface area contributed by atoms with Crippen molar-refractivity contribution < 1.29 is 4.79 Å². The highest BCUT2D eigenvalue weighted by Gasteiger charge is 2.23. The Morgan fingerprint density at radius 3 is 2.76 bits per heavy atom. The van der Waals surface area contributed by atoms with Crippen molar-refractivity contribution in [1.82, 2.24) is 20.4 Å². The Labute approximate surface area is 153 Å². The van der Waals surface area contributed by atoms with Crippen LogP contribution in [0.5, 0.6) is 0 Å². The van der Waals surface area contributed by atoms with E-state index in [-0.39, 0.29) is 11.9 Å². The normalized spacial score (nSPS) is 20.5. The van der Waals surface area contributed by atoms with Gasteiger partial charge in [0.2, 0.25) is 5.91 Å². The molecule has 134 valence electrons. The molecule has 0 bridgehead atoms. The van der Waals surface area contributed by atoms with Crippen LogP contribution in [0, 0.1) is 13.8 Å². The number of nitrogens with zero attached hydrogens (tertiary/aromatic N) is 2. The Hall–Kier alpha value is -1.85. The largest absolute Gasteiger partial charge is 0.352 e. The highest BCUT2D eigenvalue weighted by atomic mass is 35.5. The second-order valence-electron chi connectivity index (χ2n) is 6.77. The van der Waals surface area contributed by atoms with Gasteiger partial charge in [-0.1, -0.05) is 11.6 Å². The van der Waals surface area contributed by atoms with Gasteiger partial charge in [-0.25, -0.2) is 4.68 Å². The lowest BCUT2D eigenvalue weighted by atomic mass is 9.99. The Balaban J connectivity index is 1.74. The highest BCUT2D eigenvalue weighted by molar-refractivity contribution is 6.30. The Morgan fingerprint density at radius 2 is 2.08 bits per heavy atom. The summed E-state index contributed by atoms with van der Waals surface area (Å²) in [6, 6.07) is 8.07. The zero-order chi connectivity index (χ0) is 18.0. The van der Waals surface area contributed by atoms with Gasteiger partial charge in [-0.15, -0.1) is 0 Å². The van der Waals surface area contributed by atoms with Crippen LogP contribution in [0.25, 0.3) is 5.69 Å². The zero-order valence-corrected chi connectivity index (χ0v) is 15.7. The molecule has 0 saturated carbocycles. The number of aromatic nitrogens is 2. The lowest BCUT2D eigenvalue weighted by molar-refractivity contribution is -0.121. The molecule has 2 N–H and O–H groups in total. The molecule has 1 aliphatic heterocycles. The third-order valence-corrected chi connectivity index (χ3v) is 5.21. The van der Waals surface area contributed by atoms with Crippen LogP contribution in [-0.2, 0) is 11.2 Å². The monoisotopic (exact) mass is 360 g/mol. The van der Waals surface area contributed by atoms with Gasteiger partial charge in [-0.2, -0.15) is 5.10 Å². The maximum atomic E-state index is 12.5. The first-order valence-electron chi connectivity index (χ1n) is 8.79. The molecule has 6 heteroatoms. The number of piperidine rings is 1. The van der Waals surface area contributed by atoms with Gasteiger partial charge in [0.1, 0.15) is 0 Å². The van der Waals surface area contributed by atoms with Crippen LogP contribution in [0.15, 0.2) is 24.3 Å². The topological polar surface area (TPSA) is 59.0 Å².